The van der Waals surface area contributed by atoms with Crippen LogP contribution >= 0.6 is 11.3 Å². The van der Waals surface area contributed by atoms with Gasteiger partial charge in [0.05, 0.1) is 10.2 Å². The molecule has 0 unspecified atom stereocenters. The van der Waals surface area contributed by atoms with Gasteiger partial charge in [-0.05, 0) is 19.1 Å². The minimum atomic E-state index is 0.111. The van der Waals surface area contributed by atoms with Crippen LogP contribution in [0.5, 0.6) is 0 Å². The molecule has 2 aromatic rings. The Kier molecular flexibility index (Phi) is 2.87. The van der Waals surface area contributed by atoms with Crippen LogP contribution in [-0.2, 0) is 4.79 Å². The Hall–Kier alpha value is -1.55. The van der Waals surface area contributed by atoms with Crippen LogP contribution < -0.4 is 0 Å². The van der Waals surface area contributed by atoms with Gasteiger partial charge in [0.15, 0.2) is 0 Å². The molecule has 2 rings (SSSR count). The fraction of sp³-hybridized carbons (Fsp3) is 0.182. The molecule has 4 heteroatoms. The van der Waals surface area contributed by atoms with Crippen LogP contribution in [0, 0.1) is 0 Å². The lowest BCUT2D eigenvalue weighted by molar-refractivity contribution is -0.115. The Morgan fingerprint density at radius 3 is 3.07 bits per heavy atom. The van der Waals surface area contributed by atoms with Gasteiger partial charge in [0, 0.05) is 12.6 Å². The minimum Gasteiger partial charge on any atom is -0.300 e. The number of carbonyl (C=O) groups excluding carboxylic acids is 1. The molecule has 1 aromatic heterocycles. The van der Waals surface area contributed by atoms with Crippen molar-refractivity contribution in [2.45, 2.75) is 13.3 Å². The third-order valence-electron chi connectivity index (χ3n) is 1.86. The highest BCUT2D eigenvalue weighted by Gasteiger charge is 1.99. The van der Waals surface area contributed by atoms with Crippen LogP contribution in [0.3, 0.4) is 0 Å². The lowest BCUT2D eigenvalue weighted by Gasteiger charge is -1.82. The van der Waals surface area contributed by atoms with Crippen molar-refractivity contribution in [3.8, 4) is 0 Å². The molecule has 0 aliphatic rings. The van der Waals surface area contributed by atoms with Gasteiger partial charge >= 0.3 is 0 Å². The van der Waals surface area contributed by atoms with Crippen molar-refractivity contribution in [2.75, 3.05) is 0 Å². The van der Waals surface area contributed by atoms with Crippen molar-refractivity contribution in [3.05, 3.63) is 24.3 Å². The highest BCUT2D eigenvalue weighted by Crippen LogP contribution is 2.27. The number of carbonyl (C=O) groups is 1. The maximum atomic E-state index is 10.7. The second-order valence-corrected chi connectivity index (χ2v) is 4.19. The number of benzene rings is 1. The second kappa shape index (κ2) is 4.31. The standard InChI is InChI=1S/C11H10N2OS/c1-8(14)6-7-12-11-13-9-4-2-3-5-10(9)15-11/h2-5,7H,6H2,1H3. The molecule has 76 valence electrons. The molecule has 0 atom stereocenters. The largest absolute Gasteiger partial charge is 0.300 e. The summed E-state index contributed by atoms with van der Waals surface area (Å²) in [7, 11) is 0. The van der Waals surface area contributed by atoms with Crippen LogP contribution in [0.15, 0.2) is 29.3 Å². The summed E-state index contributed by atoms with van der Waals surface area (Å²) >= 11 is 1.53. The summed E-state index contributed by atoms with van der Waals surface area (Å²) in [5.74, 6) is 0.111. The van der Waals surface area contributed by atoms with Gasteiger partial charge in [-0.1, -0.05) is 23.5 Å². The summed E-state index contributed by atoms with van der Waals surface area (Å²) in [6, 6.07) is 7.89. The van der Waals surface area contributed by atoms with Gasteiger partial charge in [-0.2, -0.15) is 0 Å². The summed E-state index contributed by atoms with van der Waals surface area (Å²) < 4.78 is 1.12. The molecular weight excluding hydrogens is 208 g/mol. The van der Waals surface area contributed by atoms with Crippen LogP contribution in [-0.4, -0.2) is 17.0 Å². The average molecular weight is 218 g/mol. The summed E-state index contributed by atoms with van der Waals surface area (Å²) in [5.41, 5.74) is 0.956. The minimum absolute atomic E-state index is 0.111. The number of rotatable bonds is 3. The highest BCUT2D eigenvalue weighted by molar-refractivity contribution is 7.22. The predicted octanol–water partition coefficient (Wildman–Crippen LogP) is 2.98. The molecule has 0 aliphatic carbocycles. The number of thiazole rings is 1. The number of para-hydroxylation sites is 1. The van der Waals surface area contributed by atoms with Crippen molar-refractivity contribution < 1.29 is 4.79 Å². The molecule has 0 saturated carbocycles. The van der Waals surface area contributed by atoms with E-state index in [2.05, 4.69) is 9.98 Å². The molecule has 3 nitrogen and oxygen atoms in total. The van der Waals surface area contributed by atoms with E-state index in [0.29, 0.717) is 11.6 Å². The first-order valence-corrected chi connectivity index (χ1v) is 5.45. The lowest BCUT2D eigenvalue weighted by atomic mass is 10.3. The topological polar surface area (TPSA) is 42.3 Å². The quantitative estimate of drug-likeness (QED) is 0.743. The van der Waals surface area contributed by atoms with E-state index in [4.69, 9.17) is 0 Å². The molecule has 0 bridgehead atoms. The molecule has 0 spiro atoms. The zero-order valence-corrected chi connectivity index (χ0v) is 9.12. The molecule has 0 N–H and O–H groups in total. The van der Waals surface area contributed by atoms with Crippen molar-refractivity contribution in [1.29, 1.82) is 0 Å². The summed E-state index contributed by atoms with van der Waals surface area (Å²) in [6.45, 7) is 1.55. The van der Waals surface area contributed by atoms with Crippen molar-refractivity contribution in [2.24, 2.45) is 4.99 Å². The molecule has 0 fully saturated rings. The number of ketones is 1. The zero-order chi connectivity index (χ0) is 10.7. The predicted molar refractivity (Wildman–Crippen MR) is 63.1 cm³/mol. The first-order valence-electron chi connectivity index (χ1n) is 4.63. The van der Waals surface area contributed by atoms with Gasteiger partial charge in [-0.25, -0.2) is 9.98 Å². The van der Waals surface area contributed by atoms with E-state index in [1.165, 1.54) is 11.3 Å². The number of fused-ring (bicyclic) bond motifs is 1. The Balaban J connectivity index is 2.22. The highest BCUT2D eigenvalue weighted by atomic mass is 32.1. The normalized spacial score (nSPS) is 11.3. The van der Waals surface area contributed by atoms with Crippen LogP contribution in [0.1, 0.15) is 13.3 Å². The first kappa shape index (κ1) is 9.98. The Morgan fingerprint density at radius 1 is 1.53 bits per heavy atom. The lowest BCUT2D eigenvalue weighted by Crippen LogP contribution is -1.88. The third-order valence-corrected chi connectivity index (χ3v) is 2.81. The van der Waals surface area contributed by atoms with E-state index in [-0.39, 0.29) is 5.78 Å². The first-order chi connectivity index (χ1) is 7.25. The molecule has 0 amide bonds. The van der Waals surface area contributed by atoms with Crippen molar-refractivity contribution in [1.82, 2.24) is 4.98 Å². The second-order valence-electron chi connectivity index (χ2n) is 3.18. The van der Waals surface area contributed by atoms with Crippen LogP contribution in [0.4, 0.5) is 5.13 Å². The molecule has 0 radical (unpaired) electrons. The number of nitrogens with zero attached hydrogens (tertiary/aromatic N) is 2. The van der Waals surface area contributed by atoms with E-state index in [0.717, 1.165) is 10.2 Å². The molecule has 0 aliphatic heterocycles. The number of aliphatic imine (C=N–C) groups is 1. The van der Waals surface area contributed by atoms with E-state index < -0.39 is 0 Å². The molecule has 1 heterocycles. The zero-order valence-electron chi connectivity index (χ0n) is 8.30. The van der Waals surface area contributed by atoms with Gasteiger partial charge in [0.25, 0.3) is 0 Å². The van der Waals surface area contributed by atoms with Crippen LogP contribution in [0.25, 0.3) is 10.2 Å². The fourth-order valence-electron chi connectivity index (χ4n) is 1.17. The summed E-state index contributed by atoms with van der Waals surface area (Å²) in [4.78, 5) is 19.2. The monoisotopic (exact) mass is 218 g/mol. The average Bonchev–Trinajstić information content (AvgIpc) is 2.59. The van der Waals surface area contributed by atoms with E-state index in [9.17, 15) is 4.79 Å². The molecule has 15 heavy (non-hydrogen) atoms. The maximum Gasteiger partial charge on any atom is 0.209 e. The molecule has 0 saturated heterocycles. The molecule has 1 aromatic carbocycles. The number of Topliss-reactive ketones (excluding diaryl/α,β-unsaturated/α-hetero) is 1. The molecular formula is C11H10N2OS. The van der Waals surface area contributed by atoms with E-state index in [1.54, 1.807) is 13.1 Å². The van der Waals surface area contributed by atoms with E-state index >= 15 is 0 Å². The number of hydrogen-bond acceptors (Lipinski definition) is 4. The van der Waals surface area contributed by atoms with Crippen molar-refractivity contribution >= 4 is 38.7 Å². The van der Waals surface area contributed by atoms with Gasteiger partial charge in [-0.15, -0.1) is 0 Å². The van der Waals surface area contributed by atoms with Gasteiger partial charge in [-0.3, -0.25) is 4.79 Å². The number of hydrogen-bond donors (Lipinski definition) is 0. The van der Waals surface area contributed by atoms with E-state index in [1.807, 2.05) is 24.3 Å². The number of aromatic nitrogens is 1. The Morgan fingerprint density at radius 2 is 2.33 bits per heavy atom. The third kappa shape index (κ3) is 2.47. The maximum absolute atomic E-state index is 10.7. The SMILES string of the molecule is CC(=O)CC=Nc1nc2ccccc2s1. The smallest absolute Gasteiger partial charge is 0.209 e. The van der Waals surface area contributed by atoms with Gasteiger partial charge in [0.2, 0.25) is 5.13 Å². The summed E-state index contributed by atoms with van der Waals surface area (Å²) in [5, 5.41) is 0.706. The Bertz CT molecular complexity index is 483. The van der Waals surface area contributed by atoms with Crippen LogP contribution in [0.2, 0.25) is 0 Å². The Labute approximate surface area is 91.5 Å². The fourth-order valence-corrected chi connectivity index (χ4v) is 2.00. The van der Waals surface area contributed by atoms with Gasteiger partial charge < -0.3 is 0 Å². The van der Waals surface area contributed by atoms with Gasteiger partial charge in [0.1, 0.15) is 5.78 Å². The summed E-state index contributed by atoms with van der Waals surface area (Å²) in [6.07, 6.45) is 1.98. The van der Waals surface area contributed by atoms with Crippen molar-refractivity contribution in [3.63, 3.8) is 0 Å².